The normalized spacial score (nSPS) is 17.7. The SMILES string of the molecule is CN(Cc1ccccc1)C1CCN(OC(=O)C(C)(C)C)CC1. The summed E-state index contributed by atoms with van der Waals surface area (Å²) in [6.07, 6.45) is 2.06. The summed E-state index contributed by atoms with van der Waals surface area (Å²) in [5, 5.41) is 1.82. The molecule has 0 spiro atoms. The van der Waals surface area contributed by atoms with Gasteiger partial charge < -0.3 is 4.84 Å². The van der Waals surface area contributed by atoms with Crippen LogP contribution in [0.2, 0.25) is 0 Å². The Kier molecular flexibility index (Phi) is 5.59. The molecule has 4 heteroatoms. The van der Waals surface area contributed by atoms with Crippen molar-refractivity contribution in [3.63, 3.8) is 0 Å². The molecule has 1 aliphatic rings. The first-order valence-corrected chi connectivity index (χ1v) is 8.08. The number of hydroxylamine groups is 2. The van der Waals surface area contributed by atoms with E-state index in [1.54, 1.807) is 0 Å². The molecule has 2 rings (SSSR count). The minimum absolute atomic E-state index is 0.149. The molecule has 0 aromatic heterocycles. The molecule has 122 valence electrons. The van der Waals surface area contributed by atoms with Gasteiger partial charge in [-0.05, 0) is 46.2 Å². The monoisotopic (exact) mass is 304 g/mol. The summed E-state index contributed by atoms with van der Waals surface area (Å²) in [5.41, 5.74) is 0.896. The minimum Gasteiger partial charge on any atom is -0.367 e. The molecule has 1 heterocycles. The summed E-state index contributed by atoms with van der Waals surface area (Å²) >= 11 is 0. The number of carbonyl (C=O) groups excluding carboxylic acids is 1. The van der Waals surface area contributed by atoms with Crippen molar-refractivity contribution in [3.8, 4) is 0 Å². The van der Waals surface area contributed by atoms with Gasteiger partial charge in [-0.25, -0.2) is 4.79 Å². The molecular formula is C18H28N2O2. The van der Waals surface area contributed by atoms with Crippen LogP contribution in [0.1, 0.15) is 39.2 Å². The Balaban J connectivity index is 1.78. The van der Waals surface area contributed by atoms with Crippen LogP contribution in [0.4, 0.5) is 0 Å². The smallest absolute Gasteiger partial charge is 0.330 e. The molecule has 0 bridgehead atoms. The molecule has 1 aliphatic heterocycles. The van der Waals surface area contributed by atoms with Gasteiger partial charge in [-0.2, -0.15) is 0 Å². The minimum atomic E-state index is -0.444. The van der Waals surface area contributed by atoms with Gasteiger partial charge in [0.25, 0.3) is 0 Å². The molecule has 0 N–H and O–H groups in total. The highest BCUT2D eigenvalue weighted by molar-refractivity contribution is 5.75. The predicted octanol–water partition coefficient (Wildman–Crippen LogP) is 3.09. The summed E-state index contributed by atoms with van der Waals surface area (Å²) in [5.74, 6) is -0.149. The lowest BCUT2D eigenvalue weighted by Crippen LogP contribution is -2.44. The Hall–Kier alpha value is -1.39. The Morgan fingerprint density at radius 3 is 2.36 bits per heavy atom. The van der Waals surface area contributed by atoms with E-state index in [2.05, 4.69) is 36.2 Å². The maximum absolute atomic E-state index is 11.9. The van der Waals surface area contributed by atoms with Crippen LogP contribution in [0.3, 0.4) is 0 Å². The zero-order chi connectivity index (χ0) is 16.2. The third kappa shape index (κ3) is 4.82. The predicted molar refractivity (Wildman–Crippen MR) is 88.1 cm³/mol. The molecule has 1 saturated heterocycles. The van der Waals surface area contributed by atoms with E-state index < -0.39 is 5.41 Å². The fourth-order valence-corrected chi connectivity index (χ4v) is 2.63. The van der Waals surface area contributed by atoms with Crippen molar-refractivity contribution >= 4 is 5.97 Å². The molecule has 0 unspecified atom stereocenters. The van der Waals surface area contributed by atoms with Crippen molar-refractivity contribution in [2.24, 2.45) is 5.41 Å². The summed E-state index contributed by atoms with van der Waals surface area (Å²) < 4.78 is 0. The van der Waals surface area contributed by atoms with E-state index in [-0.39, 0.29) is 5.97 Å². The number of rotatable bonds is 4. The second kappa shape index (κ2) is 7.25. The fraction of sp³-hybridized carbons (Fsp3) is 0.611. The van der Waals surface area contributed by atoms with Gasteiger partial charge in [0.2, 0.25) is 0 Å². The Morgan fingerprint density at radius 1 is 1.23 bits per heavy atom. The Morgan fingerprint density at radius 2 is 1.82 bits per heavy atom. The molecule has 0 atom stereocenters. The van der Waals surface area contributed by atoms with Crippen LogP contribution in [0, 0.1) is 5.41 Å². The molecule has 1 fully saturated rings. The average Bonchev–Trinajstić information content (AvgIpc) is 2.48. The molecule has 4 nitrogen and oxygen atoms in total. The summed E-state index contributed by atoms with van der Waals surface area (Å²) in [4.78, 5) is 19.8. The first kappa shape index (κ1) is 17.0. The lowest BCUT2D eigenvalue weighted by molar-refractivity contribution is -0.206. The number of carbonyl (C=O) groups is 1. The molecule has 0 aliphatic carbocycles. The highest BCUT2D eigenvalue weighted by Crippen LogP contribution is 2.21. The number of hydrogen-bond donors (Lipinski definition) is 0. The van der Waals surface area contributed by atoms with Crippen LogP contribution in [-0.2, 0) is 16.2 Å². The van der Waals surface area contributed by atoms with Crippen molar-refractivity contribution in [2.45, 2.75) is 46.2 Å². The number of benzene rings is 1. The third-order valence-corrected chi connectivity index (χ3v) is 4.15. The first-order valence-electron chi connectivity index (χ1n) is 8.08. The molecule has 0 saturated carbocycles. The molecule has 1 aromatic rings. The lowest BCUT2D eigenvalue weighted by Gasteiger charge is -2.36. The molecule has 0 radical (unpaired) electrons. The van der Waals surface area contributed by atoms with Gasteiger partial charge in [0.05, 0.1) is 5.41 Å². The van der Waals surface area contributed by atoms with Crippen LogP contribution in [0.25, 0.3) is 0 Å². The van der Waals surface area contributed by atoms with Crippen molar-refractivity contribution in [1.82, 2.24) is 9.96 Å². The van der Waals surface area contributed by atoms with Crippen LogP contribution >= 0.6 is 0 Å². The van der Waals surface area contributed by atoms with E-state index in [0.717, 1.165) is 32.5 Å². The molecule has 0 amide bonds. The fourth-order valence-electron chi connectivity index (χ4n) is 2.63. The first-order chi connectivity index (χ1) is 10.4. The van der Waals surface area contributed by atoms with Crippen molar-refractivity contribution in [1.29, 1.82) is 0 Å². The standard InChI is InChI=1S/C18H28N2O2/c1-18(2,3)17(21)22-20-12-10-16(11-13-20)19(4)14-15-8-6-5-7-9-15/h5-9,16H,10-14H2,1-4H3. The number of nitrogens with zero attached hydrogens (tertiary/aromatic N) is 2. The van der Waals surface area contributed by atoms with Gasteiger partial charge in [0, 0.05) is 25.7 Å². The van der Waals surface area contributed by atoms with E-state index in [9.17, 15) is 4.79 Å². The van der Waals surface area contributed by atoms with Crippen molar-refractivity contribution in [3.05, 3.63) is 35.9 Å². The summed E-state index contributed by atoms with van der Waals surface area (Å²) in [6, 6.07) is 11.1. The largest absolute Gasteiger partial charge is 0.367 e. The van der Waals surface area contributed by atoms with Gasteiger partial charge >= 0.3 is 5.97 Å². The third-order valence-electron chi connectivity index (χ3n) is 4.15. The van der Waals surface area contributed by atoms with E-state index in [4.69, 9.17) is 4.84 Å². The summed E-state index contributed by atoms with van der Waals surface area (Å²) in [7, 11) is 2.18. The van der Waals surface area contributed by atoms with E-state index in [0.29, 0.717) is 6.04 Å². The van der Waals surface area contributed by atoms with Crippen LogP contribution in [0.15, 0.2) is 30.3 Å². The highest BCUT2D eigenvalue weighted by atomic mass is 16.7. The molecule has 1 aromatic carbocycles. The number of piperidine rings is 1. The van der Waals surface area contributed by atoms with Crippen LogP contribution in [0.5, 0.6) is 0 Å². The van der Waals surface area contributed by atoms with E-state index >= 15 is 0 Å². The van der Waals surface area contributed by atoms with Crippen LogP contribution in [-0.4, -0.2) is 42.1 Å². The van der Waals surface area contributed by atoms with Gasteiger partial charge in [-0.1, -0.05) is 30.3 Å². The number of hydrogen-bond acceptors (Lipinski definition) is 4. The molecular weight excluding hydrogens is 276 g/mol. The Labute approximate surface area is 134 Å². The van der Waals surface area contributed by atoms with Crippen molar-refractivity contribution in [2.75, 3.05) is 20.1 Å². The van der Waals surface area contributed by atoms with Gasteiger partial charge in [-0.15, -0.1) is 5.06 Å². The van der Waals surface area contributed by atoms with Gasteiger partial charge in [0.1, 0.15) is 0 Å². The zero-order valence-electron chi connectivity index (χ0n) is 14.2. The van der Waals surface area contributed by atoms with Crippen LogP contribution < -0.4 is 0 Å². The summed E-state index contributed by atoms with van der Waals surface area (Å²) in [6.45, 7) is 8.24. The highest BCUT2D eigenvalue weighted by Gasteiger charge is 2.29. The maximum Gasteiger partial charge on any atom is 0.330 e. The second-order valence-electron chi connectivity index (χ2n) is 7.19. The second-order valence-corrected chi connectivity index (χ2v) is 7.19. The quantitative estimate of drug-likeness (QED) is 0.856. The lowest BCUT2D eigenvalue weighted by atomic mass is 9.98. The topological polar surface area (TPSA) is 32.8 Å². The van der Waals surface area contributed by atoms with E-state index in [1.165, 1.54) is 5.56 Å². The van der Waals surface area contributed by atoms with Gasteiger partial charge in [-0.3, -0.25) is 4.90 Å². The molecule has 22 heavy (non-hydrogen) atoms. The Bertz CT molecular complexity index is 474. The maximum atomic E-state index is 11.9. The zero-order valence-corrected chi connectivity index (χ0v) is 14.2. The average molecular weight is 304 g/mol. The van der Waals surface area contributed by atoms with Crippen molar-refractivity contribution < 1.29 is 9.63 Å². The van der Waals surface area contributed by atoms with E-state index in [1.807, 2.05) is 31.9 Å². The van der Waals surface area contributed by atoms with Gasteiger partial charge in [0.15, 0.2) is 0 Å².